The van der Waals surface area contributed by atoms with Crippen molar-refractivity contribution in [3.63, 3.8) is 0 Å². The third kappa shape index (κ3) is 4.45. The lowest BCUT2D eigenvalue weighted by molar-refractivity contribution is 0.164. The highest BCUT2D eigenvalue weighted by atomic mass is 16.5. The van der Waals surface area contributed by atoms with Crippen molar-refractivity contribution in [2.45, 2.75) is 20.3 Å². The van der Waals surface area contributed by atoms with Crippen LogP contribution < -0.4 is 15.8 Å². The fourth-order valence-corrected chi connectivity index (χ4v) is 1.66. The van der Waals surface area contributed by atoms with Crippen LogP contribution in [0.4, 0.5) is 11.4 Å². The molecule has 1 aromatic rings. The predicted octanol–water partition coefficient (Wildman–Crippen LogP) is 2.75. The van der Waals surface area contributed by atoms with Gasteiger partial charge in [0.25, 0.3) is 0 Å². The molecule has 102 valence electrons. The average molecular weight is 252 g/mol. The van der Waals surface area contributed by atoms with Crippen molar-refractivity contribution < 1.29 is 9.47 Å². The zero-order valence-corrected chi connectivity index (χ0v) is 11.5. The second-order valence-corrected chi connectivity index (χ2v) is 4.51. The summed E-state index contributed by atoms with van der Waals surface area (Å²) in [5.41, 5.74) is 7.66. The minimum atomic E-state index is 0.439. The summed E-state index contributed by atoms with van der Waals surface area (Å²) in [7, 11) is 1.71. The molecular formula is C14H24N2O2. The number of nitrogens with two attached hydrogens (primary N) is 1. The van der Waals surface area contributed by atoms with Gasteiger partial charge in [-0.3, -0.25) is 0 Å². The monoisotopic (exact) mass is 252 g/mol. The van der Waals surface area contributed by atoms with E-state index in [9.17, 15) is 0 Å². The number of nitrogens with one attached hydrogen (secondary N) is 1. The van der Waals surface area contributed by atoms with Gasteiger partial charge in [-0.2, -0.15) is 0 Å². The van der Waals surface area contributed by atoms with Crippen molar-refractivity contribution in [2.75, 3.05) is 37.9 Å². The maximum absolute atomic E-state index is 6.07. The van der Waals surface area contributed by atoms with Crippen LogP contribution in [0.15, 0.2) is 18.2 Å². The zero-order chi connectivity index (χ0) is 13.4. The Morgan fingerprint density at radius 1 is 1.39 bits per heavy atom. The zero-order valence-electron chi connectivity index (χ0n) is 11.5. The van der Waals surface area contributed by atoms with Gasteiger partial charge >= 0.3 is 0 Å². The first kappa shape index (κ1) is 14.6. The summed E-state index contributed by atoms with van der Waals surface area (Å²) >= 11 is 0. The standard InChI is InChI=1S/C14H24N2O2/c1-4-8-18-13-7-5-6-12(14(13)15)16-9-11(2)10-17-3/h5-7,11,16H,4,8-10,15H2,1-3H3. The van der Waals surface area contributed by atoms with Crippen LogP contribution in [0.3, 0.4) is 0 Å². The van der Waals surface area contributed by atoms with E-state index < -0.39 is 0 Å². The first-order valence-corrected chi connectivity index (χ1v) is 6.43. The van der Waals surface area contributed by atoms with Crippen LogP contribution in [0.5, 0.6) is 5.75 Å². The van der Waals surface area contributed by atoms with Crippen LogP contribution in [0.1, 0.15) is 20.3 Å². The number of ether oxygens (including phenoxy) is 2. The van der Waals surface area contributed by atoms with Gasteiger partial charge in [0.15, 0.2) is 0 Å². The molecule has 0 spiro atoms. The van der Waals surface area contributed by atoms with E-state index in [4.69, 9.17) is 15.2 Å². The third-order valence-corrected chi connectivity index (χ3v) is 2.62. The Bertz CT molecular complexity index is 356. The van der Waals surface area contributed by atoms with Crippen LogP contribution in [0.25, 0.3) is 0 Å². The predicted molar refractivity (Wildman–Crippen MR) is 76.2 cm³/mol. The number of hydrogen-bond donors (Lipinski definition) is 2. The van der Waals surface area contributed by atoms with Crippen molar-refractivity contribution in [1.29, 1.82) is 0 Å². The van der Waals surface area contributed by atoms with E-state index in [1.54, 1.807) is 7.11 Å². The highest BCUT2D eigenvalue weighted by molar-refractivity contribution is 5.72. The van der Waals surface area contributed by atoms with Gasteiger partial charge in [0, 0.05) is 13.7 Å². The molecule has 1 aromatic carbocycles. The first-order valence-electron chi connectivity index (χ1n) is 6.43. The molecule has 0 saturated heterocycles. The van der Waals surface area contributed by atoms with E-state index in [2.05, 4.69) is 19.2 Å². The molecule has 0 fully saturated rings. The van der Waals surface area contributed by atoms with Crippen LogP contribution in [-0.4, -0.2) is 26.9 Å². The summed E-state index contributed by atoms with van der Waals surface area (Å²) in [4.78, 5) is 0. The highest BCUT2D eigenvalue weighted by Gasteiger charge is 2.07. The van der Waals surface area contributed by atoms with Crippen molar-refractivity contribution in [3.05, 3.63) is 18.2 Å². The van der Waals surface area contributed by atoms with Crippen LogP contribution >= 0.6 is 0 Å². The highest BCUT2D eigenvalue weighted by Crippen LogP contribution is 2.29. The Balaban J connectivity index is 2.60. The van der Waals surface area contributed by atoms with Crippen LogP contribution in [0, 0.1) is 5.92 Å². The molecular weight excluding hydrogens is 228 g/mol. The van der Waals surface area contributed by atoms with Crippen LogP contribution in [0.2, 0.25) is 0 Å². The number of methoxy groups -OCH3 is 1. The number of hydrogen-bond acceptors (Lipinski definition) is 4. The molecule has 0 radical (unpaired) electrons. The Morgan fingerprint density at radius 3 is 2.83 bits per heavy atom. The molecule has 18 heavy (non-hydrogen) atoms. The number of benzene rings is 1. The van der Waals surface area contributed by atoms with Gasteiger partial charge in [0.05, 0.1) is 24.6 Å². The molecule has 0 bridgehead atoms. The van der Waals surface area contributed by atoms with Gasteiger partial charge in [0.2, 0.25) is 0 Å². The average Bonchev–Trinajstić information content (AvgIpc) is 2.36. The molecule has 3 N–H and O–H groups in total. The second kappa shape index (κ2) is 7.82. The Kier molecular flexibility index (Phi) is 6.36. The summed E-state index contributed by atoms with van der Waals surface area (Å²) in [6.07, 6.45) is 0.974. The summed E-state index contributed by atoms with van der Waals surface area (Å²) in [6.45, 7) is 6.46. The molecule has 0 aromatic heterocycles. The molecule has 1 unspecified atom stereocenters. The van der Waals surface area contributed by atoms with E-state index >= 15 is 0 Å². The lowest BCUT2D eigenvalue weighted by Crippen LogP contribution is -2.16. The van der Waals surface area contributed by atoms with E-state index in [0.29, 0.717) is 18.2 Å². The molecule has 0 saturated carbocycles. The number of para-hydroxylation sites is 1. The quantitative estimate of drug-likeness (QED) is 0.698. The normalized spacial score (nSPS) is 12.2. The topological polar surface area (TPSA) is 56.5 Å². The molecule has 4 nitrogen and oxygen atoms in total. The Morgan fingerprint density at radius 2 is 2.17 bits per heavy atom. The molecule has 0 aliphatic rings. The Labute approximate surface area is 109 Å². The van der Waals surface area contributed by atoms with Crippen molar-refractivity contribution in [2.24, 2.45) is 5.92 Å². The molecule has 0 aliphatic heterocycles. The summed E-state index contributed by atoms with van der Waals surface area (Å²) in [5.74, 6) is 1.19. The van der Waals surface area contributed by atoms with E-state index in [1.165, 1.54) is 0 Å². The van der Waals surface area contributed by atoms with E-state index in [1.807, 2.05) is 18.2 Å². The minimum absolute atomic E-state index is 0.439. The SMILES string of the molecule is CCCOc1cccc(NCC(C)COC)c1N. The van der Waals surface area contributed by atoms with Gasteiger partial charge in [0.1, 0.15) is 5.75 Å². The minimum Gasteiger partial charge on any atom is -0.491 e. The summed E-state index contributed by atoms with van der Waals surface area (Å²) in [5, 5.41) is 3.33. The number of anilines is 2. The maximum atomic E-state index is 6.07. The number of rotatable bonds is 8. The first-order chi connectivity index (χ1) is 8.69. The van der Waals surface area contributed by atoms with E-state index in [-0.39, 0.29) is 0 Å². The molecule has 1 rings (SSSR count). The summed E-state index contributed by atoms with van der Waals surface area (Å²) < 4.78 is 10.7. The van der Waals surface area contributed by atoms with Crippen molar-refractivity contribution in [3.8, 4) is 5.75 Å². The molecule has 0 aliphatic carbocycles. The van der Waals surface area contributed by atoms with Crippen molar-refractivity contribution >= 4 is 11.4 Å². The van der Waals surface area contributed by atoms with Crippen molar-refractivity contribution in [1.82, 2.24) is 0 Å². The van der Waals surface area contributed by atoms with Gasteiger partial charge in [-0.05, 0) is 24.5 Å². The molecule has 0 amide bonds. The smallest absolute Gasteiger partial charge is 0.144 e. The van der Waals surface area contributed by atoms with Gasteiger partial charge in [-0.25, -0.2) is 0 Å². The van der Waals surface area contributed by atoms with Crippen LogP contribution in [-0.2, 0) is 4.74 Å². The molecule has 0 heterocycles. The third-order valence-electron chi connectivity index (χ3n) is 2.62. The van der Waals surface area contributed by atoms with E-state index in [0.717, 1.165) is 31.0 Å². The maximum Gasteiger partial charge on any atom is 0.144 e. The lowest BCUT2D eigenvalue weighted by Gasteiger charge is -2.16. The summed E-state index contributed by atoms with van der Waals surface area (Å²) in [6, 6.07) is 5.81. The largest absolute Gasteiger partial charge is 0.491 e. The Hall–Kier alpha value is -1.42. The second-order valence-electron chi connectivity index (χ2n) is 4.51. The molecule has 1 atom stereocenters. The molecule has 4 heteroatoms. The fourth-order valence-electron chi connectivity index (χ4n) is 1.66. The van der Waals surface area contributed by atoms with Gasteiger partial charge in [-0.15, -0.1) is 0 Å². The fraction of sp³-hybridized carbons (Fsp3) is 0.571. The lowest BCUT2D eigenvalue weighted by atomic mass is 10.2. The number of nitrogen functional groups attached to an aromatic ring is 1. The van der Waals surface area contributed by atoms with Gasteiger partial charge in [-0.1, -0.05) is 19.9 Å². The van der Waals surface area contributed by atoms with Gasteiger partial charge < -0.3 is 20.5 Å².